The summed E-state index contributed by atoms with van der Waals surface area (Å²) in [6, 6.07) is 2.46. The van der Waals surface area contributed by atoms with Crippen molar-refractivity contribution in [1.29, 1.82) is 0 Å². The standard InChI is InChI=1S/C16H24N4O/c1-2-6-18-15-5-7-17-11-14(15)16(21)20-10-9-19-8-3-4-13(19)12-20/h5,7,11,13H,2-4,6,8-10,12H2,1H3,(H,17,18). The van der Waals surface area contributed by atoms with Crippen LogP contribution >= 0.6 is 0 Å². The molecule has 2 fully saturated rings. The molecule has 1 atom stereocenters. The molecule has 2 aliphatic heterocycles. The van der Waals surface area contributed by atoms with Gasteiger partial charge >= 0.3 is 0 Å². The lowest BCUT2D eigenvalue weighted by atomic mass is 10.1. The molecule has 5 heteroatoms. The van der Waals surface area contributed by atoms with Gasteiger partial charge in [0.25, 0.3) is 5.91 Å². The fraction of sp³-hybridized carbons (Fsp3) is 0.625. The Morgan fingerprint density at radius 1 is 1.43 bits per heavy atom. The van der Waals surface area contributed by atoms with Crippen LogP contribution in [-0.4, -0.2) is 59.5 Å². The molecular weight excluding hydrogens is 264 g/mol. The third-order valence-electron chi connectivity index (χ3n) is 4.49. The van der Waals surface area contributed by atoms with E-state index in [-0.39, 0.29) is 5.91 Å². The molecule has 0 saturated carbocycles. The van der Waals surface area contributed by atoms with Crippen LogP contribution in [0.15, 0.2) is 18.5 Å². The first-order valence-corrected chi connectivity index (χ1v) is 8.01. The van der Waals surface area contributed by atoms with Crippen molar-refractivity contribution < 1.29 is 4.79 Å². The largest absolute Gasteiger partial charge is 0.384 e. The van der Waals surface area contributed by atoms with Crippen LogP contribution < -0.4 is 5.32 Å². The second-order valence-electron chi connectivity index (χ2n) is 5.93. The molecule has 1 amide bonds. The van der Waals surface area contributed by atoms with E-state index in [1.807, 2.05) is 11.0 Å². The summed E-state index contributed by atoms with van der Waals surface area (Å²) in [5, 5.41) is 3.33. The number of nitrogens with zero attached hydrogens (tertiary/aromatic N) is 3. The maximum absolute atomic E-state index is 12.8. The Balaban J connectivity index is 1.72. The third-order valence-corrected chi connectivity index (χ3v) is 4.49. The van der Waals surface area contributed by atoms with Crippen molar-refractivity contribution >= 4 is 11.6 Å². The van der Waals surface area contributed by atoms with Crippen molar-refractivity contribution in [3.8, 4) is 0 Å². The van der Waals surface area contributed by atoms with Gasteiger partial charge in [-0.25, -0.2) is 0 Å². The van der Waals surface area contributed by atoms with Crippen molar-refractivity contribution in [2.24, 2.45) is 0 Å². The van der Waals surface area contributed by atoms with Gasteiger partial charge in [0.15, 0.2) is 0 Å². The zero-order valence-electron chi connectivity index (χ0n) is 12.7. The minimum Gasteiger partial charge on any atom is -0.384 e. The number of anilines is 1. The Labute approximate surface area is 126 Å². The van der Waals surface area contributed by atoms with Crippen LogP contribution in [0.2, 0.25) is 0 Å². The summed E-state index contributed by atoms with van der Waals surface area (Å²) in [6.07, 6.45) is 6.96. The van der Waals surface area contributed by atoms with Gasteiger partial charge in [-0.3, -0.25) is 14.7 Å². The predicted molar refractivity (Wildman–Crippen MR) is 83.5 cm³/mol. The molecular formula is C16H24N4O. The lowest BCUT2D eigenvalue weighted by Crippen LogP contribution is -2.52. The lowest BCUT2D eigenvalue weighted by molar-refractivity contribution is 0.0572. The van der Waals surface area contributed by atoms with E-state index in [2.05, 4.69) is 22.1 Å². The first kappa shape index (κ1) is 14.3. The average Bonchev–Trinajstić information content (AvgIpc) is 3.00. The van der Waals surface area contributed by atoms with Crippen LogP contribution in [0.5, 0.6) is 0 Å². The summed E-state index contributed by atoms with van der Waals surface area (Å²) in [5.74, 6) is 0.119. The van der Waals surface area contributed by atoms with Gasteiger partial charge in [0, 0.05) is 44.6 Å². The van der Waals surface area contributed by atoms with Gasteiger partial charge < -0.3 is 10.2 Å². The van der Waals surface area contributed by atoms with Crippen LogP contribution in [0.1, 0.15) is 36.5 Å². The normalized spacial score (nSPS) is 22.1. The number of amides is 1. The molecule has 5 nitrogen and oxygen atoms in total. The zero-order valence-corrected chi connectivity index (χ0v) is 12.7. The van der Waals surface area contributed by atoms with Crippen LogP contribution in [0.3, 0.4) is 0 Å². The molecule has 114 valence electrons. The van der Waals surface area contributed by atoms with Crippen molar-refractivity contribution in [3.63, 3.8) is 0 Å². The molecule has 2 aliphatic rings. The molecule has 1 aromatic rings. The van der Waals surface area contributed by atoms with Gasteiger partial charge in [-0.15, -0.1) is 0 Å². The Bertz CT molecular complexity index is 505. The van der Waals surface area contributed by atoms with Crippen LogP contribution in [-0.2, 0) is 0 Å². The SMILES string of the molecule is CCCNc1ccncc1C(=O)N1CCN2CCCC2C1. The number of hydrogen-bond donors (Lipinski definition) is 1. The number of aromatic nitrogens is 1. The van der Waals surface area contributed by atoms with E-state index >= 15 is 0 Å². The molecule has 3 heterocycles. The summed E-state index contributed by atoms with van der Waals surface area (Å²) < 4.78 is 0. The Hall–Kier alpha value is -1.62. The molecule has 1 unspecified atom stereocenters. The summed E-state index contributed by atoms with van der Waals surface area (Å²) in [6.45, 7) is 6.89. The number of carbonyl (C=O) groups excluding carboxylic acids is 1. The highest BCUT2D eigenvalue weighted by Gasteiger charge is 2.33. The number of pyridine rings is 1. The Morgan fingerprint density at radius 3 is 3.19 bits per heavy atom. The van der Waals surface area contributed by atoms with Gasteiger partial charge in [-0.2, -0.15) is 0 Å². The fourth-order valence-corrected chi connectivity index (χ4v) is 3.32. The van der Waals surface area contributed by atoms with E-state index in [4.69, 9.17) is 0 Å². The zero-order chi connectivity index (χ0) is 14.7. The second kappa shape index (κ2) is 6.43. The van der Waals surface area contributed by atoms with Crippen LogP contribution in [0.25, 0.3) is 0 Å². The molecule has 1 N–H and O–H groups in total. The van der Waals surface area contributed by atoms with E-state index < -0.39 is 0 Å². The van der Waals surface area contributed by atoms with E-state index in [0.29, 0.717) is 11.6 Å². The van der Waals surface area contributed by atoms with Gasteiger partial charge in [0.2, 0.25) is 0 Å². The molecule has 1 aromatic heterocycles. The average molecular weight is 288 g/mol. The molecule has 2 saturated heterocycles. The van der Waals surface area contributed by atoms with Crippen LogP contribution in [0.4, 0.5) is 5.69 Å². The minimum atomic E-state index is 0.119. The first-order valence-electron chi connectivity index (χ1n) is 8.01. The van der Waals surface area contributed by atoms with E-state index in [0.717, 1.165) is 38.3 Å². The molecule has 0 bridgehead atoms. The maximum Gasteiger partial charge on any atom is 0.257 e. The Kier molecular flexibility index (Phi) is 4.39. The van der Waals surface area contributed by atoms with Gasteiger partial charge in [-0.1, -0.05) is 6.92 Å². The molecule has 21 heavy (non-hydrogen) atoms. The van der Waals surface area contributed by atoms with Crippen molar-refractivity contribution in [2.75, 3.05) is 38.0 Å². The second-order valence-corrected chi connectivity index (χ2v) is 5.93. The number of carbonyl (C=O) groups is 1. The highest BCUT2D eigenvalue weighted by atomic mass is 16.2. The summed E-state index contributed by atoms with van der Waals surface area (Å²) in [4.78, 5) is 21.5. The fourth-order valence-electron chi connectivity index (χ4n) is 3.32. The highest BCUT2D eigenvalue weighted by molar-refractivity contribution is 5.99. The number of rotatable bonds is 4. The lowest BCUT2D eigenvalue weighted by Gasteiger charge is -2.37. The topological polar surface area (TPSA) is 48.5 Å². The van der Waals surface area contributed by atoms with Crippen molar-refractivity contribution in [2.45, 2.75) is 32.2 Å². The number of fused-ring (bicyclic) bond motifs is 1. The summed E-state index contributed by atoms with van der Waals surface area (Å²) in [7, 11) is 0. The van der Waals surface area contributed by atoms with Crippen molar-refractivity contribution in [1.82, 2.24) is 14.8 Å². The first-order chi connectivity index (χ1) is 10.3. The predicted octanol–water partition coefficient (Wildman–Crippen LogP) is 1.82. The number of piperazine rings is 1. The van der Waals surface area contributed by atoms with E-state index in [1.54, 1.807) is 12.4 Å². The molecule has 3 rings (SSSR count). The van der Waals surface area contributed by atoms with E-state index in [9.17, 15) is 4.79 Å². The molecule has 0 aromatic carbocycles. The molecule has 0 aliphatic carbocycles. The van der Waals surface area contributed by atoms with Gasteiger partial charge in [0.05, 0.1) is 11.3 Å². The minimum absolute atomic E-state index is 0.119. The highest BCUT2D eigenvalue weighted by Crippen LogP contribution is 2.24. The monoisotopic (exact) mass is 288 g/mol. The molecule has 0 radical (unpaired) electrons. The molecule has 0 spiro atoms. The van der Waals surface area contributed by atoms with E-state index in [1.165, 1.54) is 19.4 Å². The summed E-state index contributed by atoms with van der Waals surface area (Å²) >= 11 is 0. The summed E-state index contributed by atoms with van der Waals surface area (Å²) in [5.41, 5.74) is 1.61. The third kappa shape index (κ3) is 3.02. The van der Waals surface area contributed by atoms with Crippen molar-refractivity contribution in [3.05, 3.63) is 24.0 Å². The maximum atomic E-state index is 12.8. The van der Waals surface area contributed by atoms with Gasteiger partial charge in [0.1, 0.15) is 0 Å². The number of hydrogen-bond acceptors (Lipinski definition) is 4. The quantitative estimate of drug-likeness (QED) is 0.918. The Morgan fingerprint density at radius 2 is 2.33 bits per heavy atom. The van der Waals surface area contributed by atoms with Crippen LogP contribution in [0, 0.1) is 0 Å². The van der Waals surface area contributed by atoms with Gasteiger partial charge in [-0.05, 0) is 31.9 Å². The smallest absolute Gasteiger partial charge is 0.257 e. The number of nitrogens with one attached hydrogen (secondary N) is 1.